The zero-order valence-corrected chi connectivity index (χ0v) is 17.9. The fraction of sp³-hybridized carbons (Fsp3) is 0.0769. The molecule has 7 nitrogen and oxygen atoms in total. The number of aromatic nitrogens is 2. The van der Waals surface area contributed by atoms with E-state index in [0.29, 0.717) is 11.1 Å². The van der Waals surface area contributed by atoms with Crippen molar-refractivity contribution in [3.05, 3.63) is 107 Å². The molecule has 7 heteroatoms. The SMILES string of the molecule is CN1C(=O)c2ccc(C(=O)NCc3cn(-c4ccccc4)nc3-c3ccccc3)cc2C1=O. The molecule has 0 saturated heterocycles. The maximum Gasteiger partial charge on any atom is 0.261 e. The Labute approximate surface area is 190 Å². The molecule has 4 aromatic rings. The molecule has 1 aliphatic heterocycles. The molecular formula is C26H20N4O3. The van der Waals surface area contributed by atoms with Crippen molar-refractivity contribution in [2.75, 3.05) is 7.05 Å². The van der Waals surface area contributed by atoms with Crippen LogP contribution in [0.5, 0.6) is 0 Å². The van der Waals surface area contributed by atoms with E-state index in [1.807, 2.05) is 66.9 Å². The normalized spacial score (nSPS) is 12.7. The van der Waals surface area contributed by atoms with Crippen LogP contribution in [0.15, 0.2) is 85.1 Å². The maximum absolute atomic E-state index is 12.9. The van der Waals surface area contributed by atoms with Gasteiger partial charge in [-0.05, 0) is 30.3 Å². The minimum atomic E-state index is -0.403. The average molecular weight is 436 g/mol. The third-order valence-electron chi connectivity index (χ3n) is 5.65. The summed E-state index contributed by atoms with van der Waals surface area (Å²) in [4.78, 5) is 38.3. The monoisotopic (exact) mass is 436 g/mol. The van der Waals surface area contributed by atoms with Crippen molar-refractivity contribution in [1.82, 2.24) is 20.0 Å². The summed E-state index contributed by atoms with van der Waals surface area (Å²) in [6, 6.07) is 24.1. The predicted octanol–water partition coefficient (Wildman–Crippen LogP) is 3.70. The van der Waals surface area contributed by atoms with Crippen LogP contribution < -0.4 is 5.32 Å². The predicted molar refractivity (Wildman–Crippen MR) is 123 cm³/mol. The molecule has 0 atom stereocenters. The second-order valence-corrected chi connectivity index (χ2v) is 7.76. The summed E-state index contributed by atoms with van der Waals surface area (Å²) >= 11 is 0. The Bertz CT molecular complexity index is 1380. The number of para-hydroxylation sites is 1. The highest BCUT2D eigenvalue weighted by atomic mass is 16.2. The molecule has 162 valence electrons. The Morgan fingerprint density at radius 1 is 0.879 bits per heavy atom. The third kappa shape index (κ3) is 3.70. The topological polar surface area (TPSA) is 84.3 Å². The van der Waals surface area contributed by atoms with Crippen LogP contribution in [0.1, 0.15) is 36.6 Å². The van der Waals surface area contributed by atoms with Gasteiger partial charge in [0.2, 0.25) is 0 Å². The van der Waals surface area contributed by atoms with E-state index in [4.69, 9.17) is 5.10 Å². The third-order valence-corrected chi connectivity index (χ3v) is 5.65. The van der Waals surface area contributed by atoms with E-state index >= 15 is 0 Å². The molecule has 0 spiro atoms. The lowest BCUT2D eigenvalue weighted by Crippen LogP contribution is -2.24. The molecule has 1 N–H and O–H groups in total. The summed E-state index contributed by atoms with van der Waals surface area (Å²) in [6.07, 6.45) is 1.90. The van der Waals surface area contributed by atoms with Gasteiger partial charge in [-0.25, -0.2) is 4.68 Å². The first-order chi connectivity index (χ1) is 16.0. The molecular weight excluding hydrogens is 416 g/mol. The summed E-state index contributed by atoms with van der Waals surface area (Å²) in [7, 11) is 1.43. The van der Waals surface area contributed by atoms with E-state index < -0.39 is 5.91 Å². The largest absolute Gasteiger partial charge is 0.348 e. The number of amides is 3. The summed E-state index contributed by atoms with van der Waals surface area (Å²) < 4.78 is 1.79. The van der Waals surface area contributed by atoms with Crippen molar-refractivity contribution < 1.29 is 14.4 Å². The van der Waals surface area contributed by atoms with Crippen LogP contribution in [0.2, 0.25) is 0 Å². The van der Waals surface area contributed by atoms with Crippen molar-refractivity contribution in [3.8, 4) is 16.9 Å². The second-order valence-electron chi connectivity index (χ2n) is 7.76. The van der Waals surface area contributed by atoms with Gasteiger partial charge in [0, 0.05) is 36.5 Å². The number of hydrogen-bond donors (Lipinski definition) is 1. The average Bonchev–Trinajstić information content (AvgIpc) is 3.39. The van der Waals surface area contributed by atoms with E-state index in [-0.39, 0.29) is 23.9 Å². The van der Waals surface area contributed by atoms with Crippen LogP contribution >= 0.6 is 0 Å². The smallest absolute Gasteiger partial charge is 0.261 e. The number of carbonyl (C=O) groups excluding carboxylic acids is 3. The van der Waals surface area contributed by atoms with E-state index in [9.17, 15) is 14.4 Å². The van der Waals surface area contributed by atoms with Gasteiger partial charge in [-0.2, -0.15) is 5.10 Å². The lowest BCUT2D eigenvalue weighted by Gasteiger charge is -2.07. The highest BCUT2D eigenvalue weighted by Crippen LogP contribution is 2.25. The molecule has 0 unspecified atom stereocenters. The fourth-order valence-corrected chi connectivity index (χ4v) is 3.87. The number of hydrogen-bond acceptors (Lipinski definition) is 4. The molecule has 5 rings (SSSR count). The summed E-state index contributed by atoms with van der Waals surface area (Å²) in [5.74, 6) is -1.10. The molecule has 0 bridgehead atoms. The van der Waals surface area contributed by atoms with Gasteiger partial charge in [0.1, 0.15) is 0 Å². The Balaban J connectivity index is 1.42. The number of carbonyl (C=O) groups is 3. The number of rotatable bonds is 5. The van der Waals surface area contributed by atoms with Gasteiger partial charge in [-0.1, -0.05) is 48.5 Å². The summed E-state index contributed by atoms with van der Waals surface area (Å²) in [5, 5.41) is 7.67. The molecule has 1 aromatic heterocycles. The molecule has 2 heterocycles. The van der Waals surface area contributed by atoms with Crippen LogP contribution in [-0.2, 0) is 6.54 Å². The van der Waals surface area contributed by atoms with Crippen molar-refractivity contribution in [1.29, 1.82) is 0 Å². The number of nitrogens with one attached hydrogen (secondary N) is 1. The van der Waals surface area contributed by atoms with E-state index in [0.717, 1.165) is 27.4 Å². The molecule has 0 fully saturated rings. The number of imide groups is 1. The van der Waals surface area contributed by atoms with Gasteiger partial charge in [-0.3, -0.25) is 19.3 Å². The maximum atomic E-state index is 12.9. The fourth-order valence-electron chi connectivity index (χ4n) is 3.87. The minimum Gasteiger partial charge on any atom is -0.348 e. The first-order valence-electron chi connectivity index (χ1n) is 10.5. The van der Waals surface area contributed by atoms with Gasteiger partial charge in [0.15, 0.2) is 0 Å². The molecule has 1 aliphatic rings. The van der Waals surface area contributed by atoms with Gasteiger partial charge in [0.25, 0.3) is 17.7 Å². The summed E-state index contributed by atoms with van der Waals surface area (Å²) in [5.41, 5.74) is 4.37. The van der Waals surface area contributed by atoms with Gasteiger partial charge >= 0.3 is 0 Å². The number of fused-ring (bicyclic) bond motifs is 1. The molecule has 3 aromatic carbocycles. The van der Waals surface area contributed by atoms with Crippen LogP contribution in [-0.4, -0.2) is 39.4 Å². The van der Waals surface area contributed by atoms with E-state index in [2.05, 4.69) is 5.32 Å². The lowest BCUT2D eigenvalue weighted by atomic mass is 10.0. The first-order valence-corrected chi connectivity index (χ1v) is 10.5. The van der Waals surface area contributed by atoms with Crippen LogP contribution in [0, 0.1) is 0 Å². The van der Waals surface area contributed by atoms with Crippen LogP contribution in [0.4, 0.5) is 0 Å². The van der Waals surface area contributed by atoms with E-state index in [1.165, 1.54) is 19.2 Å². The summed E-state index contributed by atoms with van der Waals surface area (Å²) in [6.45, 7) is 0.250. The quantitative estimate of drug-likeness (QED) is 0.484. The van der Waals surface area contributed by atoms with Crippen LogP contribution in [0.25, 0.3) is 16.9 Å². The van der Waals surface area contributed by atoms with Crippen molar-refractivity contribution >= 4 is 17.7 Å². The van der Waals surface area contributed by atoms with Crippen molar-refractivity contribution in [2.45, 2.75) is 6.54 Å². The van der Waals surface area contributed by atoms with Crippen LogP contribution in [0.3, 0.4) is 0 Å². The highest BCUT2D eigenvalue weighted by molar-refractivity contribution is 6.21. The number of nitrogens with zero attached hydrogens (tertiary/aromatic N) is 3. The Kier molecular flexibility index (Phi) is 5.06. The zero-order valence-electron chi connectivity index (χ0n) is 17.9. The first kappa shape index (κ1) is 20.4. The Morgan fingerprint density at radius 2 is 1.55 bits per heavy atom. The minimum absolute atomic E-state index is 0.247. The highest BCUT2D eigenvalue weighted by Gasteiger charge is 2.33. The molecule has 0 radical (unpaired) electrons. The zero-order chi connectivity index (χ0) is 22.9. The number of benzene rings is 3. The van der Waals surface area contributed by atoms with Gasteiger partial charge in [0.05, 0.1) is 22.5 Å². The van der Waals surface area contributed by atoms with Gasteiger partial charge < -0.3 is 5.32 Å². The Morgan fingerprint density at radius 3 is 2.27 bits per heavy atom. The molecule has 0 aliphatic carbocycles. The van der Waals surface area contributed by atoms with Crippen molar-refractivity contribution in [2.24, 2.45) is 0 Å². The molecule has 3 amide bonds. The molecule has 33 heavy (non-hydrogen) atoms. The standard InChI is InChI=1S/C26H20N4O3/c1-29-25(32)21-13-12-18(14-22(21)26(29)33)24(31)27-15-19-16-30(20-10-6-3-7-11-20)28-23(19)17-8-4-2-5-9-17/h2-14,16H,15H2,1H3,(H,27,31). The van der Waals surface area contributed by atoms with E-state index in [1.54, 1.807) is 10.7 Å². The van der Waals surface area contributed by atoms with Crippen molar-refractivity contribution in [3.63, 3.8) is 0 Å². The molecule has 0 saturated carbocycles. The lowest BCUT2D eigenvalue weighted by molar-refractivity contribution is 0.0693. The Hall–Kier alpha value is -4.52. The second kappa shape index (κ2) is 8.20. The van der Waals surface area contributed by atoms with Gasteiger partial charge in [-0.15, -0.1) is 0 Å².